The number of hydrogen-bond acceptors (Lipinski definition) is 3. The van der Waals surface area contributed by atoms with Gasteiger partial charge in [0.05, 0.1) is 19.3 Å². The van der Waals surface area contributed by atoms with Gasteiger partial charge in [0.15, 0.2) is 0 Å². The van der Waals surface area contributed by atoms with Crippen molar-refractivity contribution in [2.45, 2.75) is 25.5 Å². The maximum absolute atomic E-state index is 6.11. The molecular formula is C19H20INO2. The summed E-state index contributed by atoms with van der Waals surface area (Å²) < 4.78 is 13.0. The Morgan fingerprint density at radius 3 is 2.87 bits per heavy atom. The van der Waals surface area contributed by atoms with Gasteiger partial charge in [-0.15, -0.1) is 0 Å². The average molecular weight is 421 g/mol. The number of anilines is 1. The van der Waals surface area contributed by atoms with Crippen LogP contribution in [0.5, 0.6) is 5.75 Å². The third kappa shape index (κ3) is 2.62. The Morgan fingerprint density at radius 1 is 1.17 bits per heavy atom. The molecule has 0 aliphatic carbocycles. The third-order valence-corrected chi connectivity index (χ3v) is 5.59. The molecule has 23 heavy (non-hydrogen) atoms. The maximum atomic E-state index is 6.11. The van der Waals surface area contributed by atoms with Crippen molar-refractivity contribution in [1.29, 1.82) is 0 Å². The van der Waals surface area contributed by atoms with Gasteiger partial charge in [-0.3, -0.25) is 0 Å². The van der Waals surface area contributed by atoms with Gasteiger partial charge in [-0.05, 0) is 60.2 Å². The molecule has 1 unspecified atom stereocenters. The highest BCUT2D eigenvalue weighted by Gasteiger charge is 2.42. The van der Waals surface area contributed by atoms with Crippen LogP contribution < -0.4 is 10.1 Å². The van der Waals surface area contributed by atoms with Crippen molar-refractivity contribution >= 4 is 28.3 Å². The lowest BCUT2D eigenvalue weighted by Gasteiger charge is -2.37. The first-order chi connectivity index (χ1) is 11.2. The highest BCUT2D eigenvalue weighted by molar-refractivity contribution is 14.1. The first-order valence-corrected chi connectivity index (χ1v) is 9.07. The van der Waals surface area contributed by atoms with E-state index in [4.69, 9.17) is 9.47 Å². The molecule has 0 radical (unpaired) electrons. The molecule has 1 saturated heterocycles. The zero-order valence-corrected chi connectivity index (χ0v) is 15.5. The predicted octanol–water partition coefficient (Wildman–Crippen LogP) is 4.85. The Morgan fingerprint density at radius 2 is 2.04 bits per heavy atom. The van der Waals surface area contributed by atoms with Crippen LogP contribution >= 0.6 is 22.6 Å². The van der Waals surface area contributed by atoms with Crippen LogP contribution in [0.15, 0.2) is 36.4 Å². The zero-order valence-electron chi connectivity index (χ0n) is 13.3. The Bertz CT molecular complexity index is 746. The van der Waals surface area contributed by atoms with Crippen LogP contribution in [0.1, 0.15) is 35.3 Å². The Kier molecular flexibility index (Phi) is 3.97. The van der Waals surface area contributed by atoms with Crippen molar-refractivity contribution in [2.24, 2.45) is 5.92 Å². The first kappa shape index (κ1) is 15.3. The van der Waals surface area contributed by atoms with Crippen LogP contribution in [0.4, 0.5) is 5.69 Å². The molecule has 0 amide bonds. The summed E-state index contributed by atoms with van der Waals surface area (Å²) in [6.45, 7) is 2.96. The largest absolute Gasteiger partial charge is 0.496 e. The molecule has 2 aliphatic heterocycles. The summed E-state index contributed by atoms with van der Waals surface area (Å²) in [7, 11) is 1.74. The molecule has 2 heterocycles. The van der Waals surface area contributed by atoms with Crippen LogP contribution in [-0.2, 0) is 4.74 Å². The molecular weight excluding hydrogens is 401 g/mol. The fourth-order valence-corrected chi connectivity index (χ4v) is 4.36. The number of ether oxygens (including phenoxy) is 2. The number of nitrogens with one attached hydrogen (secondary N) is 1. The molecule has 3 atom stereocenters. The van der Waals surface area contributed by atoms with E-state index in [1.165, 1.54) is 25.9 Å². The van der Waals surface area contributed by atoms with Crippen molar-refractivity contribution in [1.82, 2.24) is 0 Å². The van der Waals surface area contributed by atoms with Gasteiger partial charge < -0.3 is 14.8 Å². The number of aryl methyl sites for hydroxylation is 1. The van der Waals surface area contributed by atoms with E-state index in [9.17, 15) is 0 Å². The van der Waals surface area contributed by atoms with Crippen molar-refractivity contribution < 1.29 is 9.47 Å². The summed E-state index contributed by atoms with van der Waals surface area (Å²) >= 11 is 2.36. The van der Waals surface area contributed by atoms with Gasteiger partial charge in [0.2, 0.25) is 0 Å². The van der Waals surface area contributed by atoms with E-state index in [2.05, 4.69) is 71.2 Å². The maximum Gasteiger partial charge on any atom is 0.124 e. The van der Waals surface area contributed by atoms with E-state index >= 15 is 0 Å². The summed E-state index contributed by atoms with van der Waals surface area (Å²) in [4.78, 5) is 0. The molecule has 1 fully saturated rings. The van der Waals surface area contributed by atoms with Crippen LogP contribution in [0.25, 0.3) is 0 Å². The Hall–Kier alpha value is -1.27. The molecule has 0 aromatic heterocycles. The topological polar surface area (TPSA) is 30.5 Å². The molecule has 2 aromatic rings. The molecule has 2 aromatic carbocycles. The van der Waals surface area contributed by atoms with E-state index < -0.39 is 0 Å². The molecule has 1 N–H and O–H groups in total. The minimum Gasteiger partial charge on any atom is -0.496 e. The monoisotopic (exact) mass is 421 g/mol. The number of halogens is 1. The molecule has 0 saturated carbocycles. The molecule has 120 valence electrons. The van der Waals surface area contributed by atoms with Crippen molar-refractivity contribution in [2.75, 3.05) is 19.0 Å². The van der Waals surface area contributed by atoms with Crippen LogP contribution in [-0.4, -0.2) is 13.7 Å². The Balaban J connectivity index is 1.82. The molecule has 3 nitrogen and oxygen atoms in total. The molecule has 2 aliphatic rings. The van der Waals surface area contributed by atoms with Gasteiger partial charge in [0.25, 0.3) is 0 Å². The van der Waals surface area contributed by atoms with Gasteiger partial charge in [-0.25, -0.2) is 0 Å². The highest BCUT2D eigenvalue weighted by Crippen LogP contribution is 2.51. The van der Waals surface area contributed by atoms with Crippen LogP contribution in [0.3, 0.4) is 0 Å². The Labute approximate surface area is 150 Å². The molecule has 0 spiro atoms. The van der Waals surface area contributed by atoms with Gasteiger partial charge >= 0.3 is 0 Å². The summed E-state index contributed by atoms with van der Waals surface area (Å²) in [5, 5.41) is 3.75. The van der Waals surface area contributed by atoms with Gasteiger partial charge in [-0.2, -0.15) is 0 Å². The highest BCUT2D eigenvalue weighted by atomic mass is 127. The first-order valence-electron chi connectivity index (χ1n) is 7.99. The SMILES string of the molecule is COc1ccc(I)cc1C1Nc2ccc(C)cc2[C@H]2OCC[C@@H]12. The lowest BCUT2D eigenvalue weighted by Crippen LogP contribution is -2.29. The quantitative estimate of drug-likeness (QED) is 0.704. The fourth-order valence-electron chi connectivity index (χ4n) is 3.85. The lowest BCUT2D eigenvalue weighted by atomic mass is 9.80. The predicted molar refractivity (Wildman–Crippen MR) is 100 cm³/mol. The van der Waals surface area contributed by atoms with Gasteiger partial charge in [0, 0.05) is 32.9 Å². The third-order valence-electron chi connectivity index (χ3n) is 4.92. The second-order valence-corrected chi connectivity index (χ2v) is 7.59. The standard InChI is InChI=1S/C19H20INO2/c1-11-3-5-16-14(9-11)19-13(7-8-23-19)18(21-16)15-10-12(20)4-6-17(15)22-2/h3-6,9-10,13,18-19,21H,7-8H2,1-2H3/t13-,18?,19-/m0/s1. The molecule has 4 heteroatoms. The zero-order chi connectivity index (χ0) is 16.0. The summed E-state index contributed by atoms with van der Waals surface area (Å²) in [5.41, 5.74) is 4.99. The molecule has 0 bridgehead atoms. The number of fused-ring (bicyclic) bond motifs is 3. The second-order valence-electron chi connectivity index (χ2n) is 6.34. The van der Waals surface area contributed by atoms with E-state index in [0.29, 0.717) is 5.92 Å². The lowest BCUT2D eigenvalue weighted by molar-refractivity contribution is 0.0826. The van der Waals surface area contributed by atoms with Crippen molar-refractivity contribution in [3.63, 3.8) is 0 Å². The number of rotatable bonds is 2. The molecule has 4 rings (SSSR count). The number of methoxy groups -OCH3 is 1. The van der Waals surface area contributed by atoms with Crippen molar-refractivity contribution in [3.05, 3.63) is 56.7 Å². The van der Waals surface area contributed by atoms with E-state index in [0.717, 1.165) is 18.8 Å². The smallest absolute Gasteiger partial charge is 0.124 e. The van der Waals surface area contributed by atoms with E-state index in [1.54, 1.807) is 7.11 Å². The summed E-state index contributed by atoms with van der Waals surface area (Å²) in [6, 6.07) is 13.2. The van der Waals surface area contributed by atoms with Crippen LogP contribution in [0.2, 0.25) is 0 Å². The number of hydrogen-bond donors (Lipinski definition) is 1. The van der Waals surface area contributed by atoms with E-state index in [-0.39, 0.29) is 12.1 Å². The fraction of sp³-hybridized carbons (Fsp3) is 0.368. The normalized spacial score (nSPS) is 25.4. The minimum atomic E-state index is 0.179. The summed E-state index contributed by atoms with van der Waals surface area (Å²) in [6.07, 6.45) is 1.25. The van der Waals surface area contributed by atoms with Crippen molar-refractivity contribution in [3.8, 4) is 5.75 Å². The van der Waals surface area contributed by atoms with Crippen LogP contribution in [0, 0.1) is 16.4 Å². The van der Waals surface area contributed by atoms with E-state index in [1.807, 2.05) is 0 Å². The minimum absolute atomic E-state index is 0.179. The average Bonchev–Trinajstić information content (AvgIpc) is 3.04. The van der Waals surface area contributed by atoms with Gasteiger partial charge in [0.1, 0.15) is 5.75 Å². The summed E-state index contributed by atoms with van der Waals surface area (Å²) in [5.74, 6) is 1.39. The second kappa shape index (κ2) is 5.98. The number of benzene rings is 2. The van der Waals surface area contributed by atoms with Gasteiger partial charge in [-0.1, -0.05) is 17.7 Å².